The highest BCUT2D eigenvalue weighted by atomic mass is 16.2. The van der Waals surface area contributed by atoms with Gasteiger partial charge in [-0.05, 0) is 29.8 Å². The van der Waals surface area contributed by atoms with Crippen LogP contribution in [0.1, 0.15) is 26.4 Å². The minimum absolute atomic E-state index is 0.0317. The van der Waals surface area contributed by atoms with Crippen LogP contribution < -0.4 is 10.6 Å². The summed E-state index contributed by atoms with van der Waals surface area (Å²) in [5.41, 5.74) is 3.41. The first kappa shape index (κ1) is 24.3. The zero-order valence-electron chi connectivity index (χ0n) is 20.4. The van der Waals surface area contributed by atoms with E-state index in [0.717, 1.165) is 16.5 Å². The number of carbonyl (C=O) groups is 3. The Morgan fingerprint density at radius 3 is 2.30 bits per heavy atom. The number of para-hydroxylation sites is 2. The van der Waals surface area contributed by atoms with Crippen LogP contribution in [0.25, 0.3) is 10.9 Å². The van der Waals surface area contributed by atoms with E-state index in [1.165, 1.54) is 0 Å². The number of piperazine rings is 1. The fourth-order valence-corrected chi connectivity index (χ4v) is 4.52. The molecule has 5 rings (SSSR count). The van der Waals surface area contributed by atoms with Crippen LogP contribution in [0.4, 0.5) is 5.69 Å². The third kappa shape index (κ3) is 5.87. The second kappa shape index (κ2) is 11.1. The lowest BCUT2D eigenvalue weighted by Crippen LogP contribution is -2.50. The Labute approximate surface area is 215 Å². The Balaban J connectivity index is 1.13. The molecule has 0 radical (unpaired) electrons. The van der Waals surface area contributed by atoms with Gasteiger partial charge in [-0.2, -0.15) is 0 Å². The predicted octanol–water partition coefficient (Wildman–Crippen LogP) is 3.49. The highest BCUT2D eigenvalue weighted by molar-refractivity contribution is 6.04. The van der Waals surface area contributed by atoms with Gasteiger partial charge in [-0.25, -0.2) is 0 Å². The first-order valence-electron chi connectivity index (χ1n) is 12.4. The molecule has 0 spiro atoms. The molecule has 3 N–H and O–H groups in total. The Morgan fingerprint density at radius 1 is 0.811 bits per heavy atom. The van der Waals surface area contributed by atoms with Crippen molar-refractivity contribution in [2.24, 2.45) is 0 Å². The molecule has 0 saturated carbocycles. The summed E-state index contributed by atoms with van der Waals surface area (Å²) in [5, 5.41) is 6.80. The number of rotatable bonds is 7. The van der Waals surface area contributed by atoms with Gasteiger partial charge >= 0.3 is 0 Å². The molecule has 0 atom stereocenters. The van der Waals surface area contributed by atoms with Crippen LogP contribution in [-0.2, 0) is 11.3 Å². The summed E-state index contributed by atoms with van der Waals surface area (Å²) in [6.45, 7) is 2.87. The number of amides is 3. The smallest absolute Gasteiger partial charge is 0.270 e. The SMILES string of the molecule is O=C(CN1CCN(C(=O)c2cc3ccccc3[nH]2)CC1)Nc1ccccc1C(=O)NCc1ccccc1. The number of H-pyrrole nitrogens is 1. The largest absolute Gasteiger partial charge is 0.351 e. The van der Waals surface area contributed by atoms with Gasteiger partial charge in [0.05, 0.1) is 17.8 Å². The number of aromatic nitrogens is 1. The number of hydrogen-bond acceptors (Lipinski definition) is 4. The van der Waals surface area contributed by atoms with Crippen molar-refractivity contribution in [3.63, 3.8) is 0 Å². The maximum absolute atomic E-state index is 12.9. The van der Waals surface area contributed by atoms with Crippen LogP contribution in [0.15, 0.2) is 84.9 Å². The number of aromatic amines is 1. The molecule has 8 nitrogen and oxygen atoms in total. The van der Waals surface area contributed by atoms with E-state index in [0.29, 0.717) is 49.7 Å². The lowest BCUT2D eigenvalue weighted by Gasteiger charge is -2.34. The molecular weight excluding hydrogens is 466 g/mol. The lowest BCUT2D eigenvalue weighted by atomic mass is 10.1. The van der Waals surface area contributed by atoms with Crippen molar-refractivity contribution < 1.29 is 14.4 Å². The van der Waals surface area contributed by atoms with E-state index in [2.05, 4.69) is 15.6 Å². The fourth-order valence-electron chi connectivity index (χ4n) is 4.52. The average Bonchev–Trinajstić information content (AvgIpc) is 3.37. The molecule has 2 heterocycles. The van der Waals surface area contributed by atoms with Crippen LogP contribution in [0.2, 0.25) is 0 Å². The normalized spacial score (nSPS) is 13.9. The molecule has 188 valence electrons. The van der Waals surface area contributed by atoms with Crippen molar-refractivity contribution in [3.05, 3.63) is 102 Å². The van der Waals surface area contributed by atoms with E-state index in [-0.39, 0.29) is 24.3 Å². The van der Waals surface area contributed by atoms with E-state index in [1.807, 2.05) is 70.5 Å². The molecule has 4 aromatic rings. The molecular formula is C29H29N5O3. The Hall–Kier alpha value is -4.43. The molecule has 1 aromatic heterocycles. The van der Waals surface area contributed by atoms with Gasteiger partial charge in [0.2, 0.25) is 5.91 Å². The van der Waals surface area contributed by atoms with Crippen molar-refractivity contribution in [3.8, 4) is 0 Å². The summed E-state index contributed by atoms with van der Waals surface area (Å²) in [4.78, 5) is 45.5. The molecule has 0 bridgehead atoms. The summed E-state index contributed by atoms with van der Waals surface area (Å²) in [6.07, 6.45) is 0. The first-order valence-corrected chi connectivity index (χ1v) is 12.4. The van der Waals surface area contributed by atoms with Gasteiger partial charge in [0, 0.05) is 43.6 Å². The molecule has 0 aliphatic carbocycles. The van der Waals surface area contributed by atoms with E-state index in [4.69, 9.17) is 0 Å². The average molecular weight is 496 g/mol. The number of fused-ring (bicyclic) bond motifs is 1. The number of carbonyl (C=O) groups excluding carboxylic acids is 3. The van der Waals surface area contributed by atoms with Gasteiger partial charge in [0.25, 0.3) is 11.8 Å². The second-order valence-corrected chi connectivity index (χ2v) is 9.10. The first-order chi connectivity index (χ1) is 18.1. The maximum atomic E-state index is 12.9. The quantitative estimate of drug-likeness (QED) is 0.366. The van der Waals surface area contributed by atoms with Gasteiger partial charge in [-0.1, -0.05) is 60.7 Å². The van der Waals surface area contributed by atoms with Gasteiger partial charge in [-0.3, -0.25) is 19.3 Å². The zero-order chi connectivity index (χ0) is 25.6. The van der Waals surface area contributed by atoms with Crippen molar-refractivity contribution in [1.29, 1.82) is 0 Å². The van der Waals surface area contributed by atoms with E-state index < -0.39 is 0 Å². The predicted molar refractivity (Wildman–Crippen MR) is 143 cm³/mol. The van der Waals surface area contributed by atoms with Crippen molar-refractivity contribution in [1.82, 2.24) is 20.1 Å². The number of nitrogens with one attached hydrogen (secondary N) is 3. The minimum atomic E-state index is -0.246. The summed E-state index contributed by atoms with van der Waals surface area (Å²) in [7, 11) is 0. The molecule has 37 heavy (non-hydrogen) atoms. The lowest BCUT2D eigenvalue weighted by molar-refractivity contribution is -0.117. The van der Waals surface area contributed by atoms with Crippen LogP contribution >= 0.6 is 0 Å². The second-order valence-electron chi connectivity index (χ2n) is 9.10. The van der Waals surface area contributed by atoms with Crippen LogP contribution in [-0.4, -0.2) is 65.2 Å². The van der Waals surface area contributed by atoms with Crippen molar-refractivity contribution >= 4 is 34.3 Å². The molecule has 1 saturated heterocycles. The van der Waals surface area contributed by atoms with E-state index >= 15 is 0 Å². The third-order valence-electron chi connectivity index (χ3n) is 6.53. The molecule has 3 aromatic carbocycles. The molecule has 3 amide bonds. The molecule has 0 unspecified atom stereocenters. The fraction of sp³-hybridized carbons (Fsp3) is 0.207. The standard InChI is InChI=1S/C29H29N5O3/c35-27(32-25-13-7-5-11-23(25)28(36)30-19-21-8-2-1-3-9-21)20-33-14-16-34(17-15-33)29(37)26-18-22-10-4-6-12-24(22)31-26/h1-13,18,31H,14-17,19-20H2,(H,30,36)(H,32,35). The maximum Gasteiger partial charge on any atom is 0.270 e. The van der Waals surface area contributed by atoms with Gasteiger partial charge < -0.3 is 20.5 Å². The topological polar surface area (TPSA) is 97.5 Å². The Bertz CT molecular complexity index is 1370. The van der Waals surface area contributed by atoms with Crippen LogP contribution in [0, 0.1) is 0 Å². The summed E-state index contributed by atoms with van der Waals surface area (Å²) in [5.74, 6) is -0.474. The monoisotopic (exact) mass is 495 g/mol. The van der Waals surface area contributed by atoms with Gasteiger partial charge in [0.1, 0.15) is 5.69 Å². The number of nitrogens with zero attached hydrogens (tertiary/aromatic N) is 2. The number of anilines is 1. The zero-order valence-corrected chi connectivity index (χ0v) is 20.4. The highest BCUT2D eigenvalue weighted by Gasteiger charge is 2.24. The van der Waals surface area contributed by atoms with Crippen molar-refractivity contribution in [2.45, 2.75) is 6.54 Å². The van der Waals surface area contributed by atoms with Gasteiger partial charge in [0.15, 0.2) is 0 Å². The molecule has 1 aliphatic heterocycles. The Morgan fingerprint density at radius 2 is 1.51 bits per heavy atom. The summed E-state index contributed by atoms with van der Waals surface area (Å²) >= 11 is 0. The Kier molecular flexibility index (Phi) is 7.28. The summed E-state index contributed by atoms with van der Waals surface area (Å²) < 4.78 is 0. The van der Waals surface area contributed by atoms with E-state index in [9.17, 15) is 14.4 Å². The number of hydrogen-bond donors (Lipinski definition) is 3. The molecule has 1 aliphatic rings. The van der Waals surface area contributed by atoms with Crippen LogP contribution in [0.3, 0.4) is 0 Å². The van der Waals surface area contributed by atoms with E-state index in [1.54, 1.807) is 24.3 Å². The summed E-state index contributed by atoms with van der Waals surface area (Å²) in [6, 6.07) is 26.4. The minimum Gasteiger partial charge on any atom is -0.351 e. The van der Waals surface area contributed by atoms with Crippen LogP contribution in [0.5, 0.6) is 0 Å². The molecule has 8 heteroatoms. The third-order valence-corrected chi connectivity index (χ3v) is 6.53. The molecule has 1 fully saturated rings. The highest BCUT2D eigenvalue weighted by Crippen LogP contribution is 2.18. The van der Waals surface area contributed by atoms with Gasteiger partial charge in [-0.15, -0.1) is 0 Å². The van der Waals surface area contributed by atoms with Crippen molar-refractivity contribution in [2.75, 3.05) is 38.0 Å². The number of benzene rings is 3.